The minimum Gasteiger partial charge on any atom is -0.508 e. The van der Waals surface area contributed by atoms with Crippen molar-refractivity contribution in [2.45, 2.75) is 20.0 Å². The maximum Gasteiger partial charge on any atom is 0.115 e. The summed E-state index contributed by atoms with van der Waals surface area (Å²) in [6.45, 7) is 3.67. The predicted molar refractivity (Wildman–Crippen MR) is 65.5 cm³/mol. The smallest absolute Gasteiger partial charge is 0.115 e. The molecule has 84 valence electrons. The molecule has 0 aliphatic carbocycles. The van der Waals surface area contributed by atoms with Gasteiger partial charge < -0.3 is 10.4 Å². The summed E-state index contributed by atoms with van der Waals surface area (Å²) < 4.78 is 0. The van der Waals surface area contributed by atoms with E-state index in [1.807, 2.05) is 24.6 Å². The van der Waals surface area contributed by atoms with Gasteiger partial charge in [-0.05, 0) is 24.6 Å². The van der Waals surface area contributed by atoms with E-state index < -0.39 is 0 Å². The Morgan fingerprint density at radius 1 is 1.25 bits per heavy atom. The molecule has 2 N–H and O–H groups in total. The summed E-state index contributed by atoms with van der Waals surface area (Å²) in [5.74, 6) is 0.307. The highest BCUT2D eigenvalue weighted by Gasteiger charge is 2.00. The lowest BCUT2D eigenvalue weighted by Gasteiger charge is -2.04. The zero-order valence-corrected chi connectivity index (χ0v) is 9.92. The van der Waals surface area contributed by atoms with Gasteiger partial charge in [0.05, 0.1) is 11.2 Å². The molecule has 0 spiro atoms. The van der Waals surface area contributed by atoms with Crippen LogP contribution in [0.2, 0.25) is 0 Å². The average molecular weight is 234 g/mol. The van der Waals surface area contributed by atoms with E-state index in [-0.39, 0.29) is 0 Å². The quantitative estimate of drug-likeness (QED) is 0.854. The van der Waals surface area contributed by atoms with Crippen LogP contribution in [0, 0.1) is 6.92 Å². The largest absolute Gasteiger partial charge is 0.508 e. The van der Waals surface area contributed by atoms with Gasteiger partial charge in [-0.3, -0.25) is 0 Å². The van der Waals surface area contributed by atoms with Gasteiger partial charge in [0.2, 0.25) is 0 Å². The average Bonchev–Trinajstić information content (AvgIpc) is 2.68. The van der Waals surface area contributed by atoms with Gasteiger partial charge in [-0.15, -0.1) is 11.3 Å². The molecule has 0 amide bonds. The molecule has 0 aliphatic rings. The molecule has 4 heteroatoms. The number of aryl methyl sites for hydroxylation is 1. The molecule has 1 heterocycles. The Hall–Kier alpha value is -1.39. The van der Waals surface area contributed by atoms with Crippen LogP contribution in [0.3, 0.4) is 0 Å². The van der Waals surface area contributed by atoms with E-state index in [4.69, 9.17) is 5.11 Å². The van der Waals surface area contributed by atoms with Gasteiger partial charge in [0.15, 0.2) is 0 Å². The summed E-state index contributed by atoms with van der Waals surface area (Å²) in [5.41, 5.74) is 4.13. The van der Waals surface area contributed by atoms with Crippen LogP contribution >= 0.6 is 11.3 Å². The molecule has 0 aliphatic heterocycles. The van der Waals surface area contributed by atoms with Crippen molar-refractivity contribution in [3.05, 3.63) is 45.9 Å². The lowest BCUT2D eigenvalue weighted by molar-refractivity contribution is 0.475. The van der Waals surface area contributed by atoms with Crippen LogP contribution in [-0.4, -0.2) is 10.1 Å². The van der Waals surface area contributed by atoms with Crippen molar-refractivity contribution in [2.75, 3.05) is 0 Å². The number of benzene rings is 1. The highest BCUT2D eigenvalue weighted by molar-refractivity contribution is 7.09. The number of rotatable bonds is 4. The SMILES string of the molecule is Cc1ncsc1CNCc1ccc(O)cc1. The summed E-state index contributed by atoms with van der Waals surface area (Å²) in [6.07, 6.45) is 0. The monoisotopic (exact) mass is 234 g/mol. The van der Waals surface area contributed by atoms with E-state index >= 15 is 0 Å². The summed E-state index contributed by atoms with van der Waals surface area (Å²) >= 11 is 1.67. The van der Waals surface area contributed by atoms with Crippen molar-refractivity contribution in [1.82, 2.24) is 10.3 Å². The molecule has 0 saturated heterocycles. The van der Waals surface area contributed by atoms with Crippen LogP contribution in [0.25, 0.3) is 0 Å². The van der Waals surface area contributed by atoms with E-state index in [0.29, 0.717) is 5.75 Å². The summed E-state index contributed by atoms with van der Waals surface area (Å²) in [5, 5.41) is 12.5. The topological polar surface area (TPSA) is 45.2 Å². The molecule has 0 saturated carbocycles. The second-order valence-corrected chi connectivity index (χ2v) is 4.57. The highest BCUT2D eigenvalue weighted by atomic mass is 32.1. The standard InChI is InChI=1S/C12H14N2OS/c1-9-12(16-8-14-9)7-13-6-10-2-4-11(15)5-3-10/h2-5,8,13,15H,6-7H2,1H3. The van der Waals surface area contributed by atoms with Crippen LogP contribution in [0.15, 0.2) is 29.8 Å². The van der Waals surface area contributed by atoms with Crippen LogP contribution in [-0.2, 0) is 13.1 Å². The van der Waals surface area contributed by atoms with Gasteiger partial charge in [-0.1, -0.05) is 12.1 Å². The predicted octanol–water partition coefficient (Wildman–Crippen LogP) is 2.45. The fourth-order valence-corrected chi connectivity index (χ4v) is 2.18. The van der Waals surface area contributed by atoms with Crippen LogP contribution < -0.4 is 5.32 Å². The highest BCUT2D eigenvalue weighted by Crippen LogP contribution is 2.12. The Morgan fingerprint density at radius 2 is 2.00 bits per heavy atom. The van der Waals surface area contributed by atoms with Crippen molar-refractivity contribution in [2.24, 2.45) is 0 Å². The number of hydrogen-bond acceptors (Lipinski definition) is 4. The van der Waals surface area contributed by atoms with Crippen molar-refractivity contribution in [1.29, 1.82) is 0 Å². The Labute approximate surface area is 98.8 Å². The molecular weight excluding hydrogens is 220 g/mol. The minimum atomic E-state index is 0.307. The van der Waals surface area contributed by atoms with Gasteiger partial charge in [-0.25, -0.2) is 4.98 Å². The van der Waals surface area contributed by atoms with Gasteiger partial charge in [-0.2, -0.15) is 0 Å². The van der Waals surface area contributed by atoms with E-state index in [1.165, 1.54) is 10.4 Å². The number of hydrogen-bond donors (Lipinski definition) is 2. The minimum absolute atomic E-state index is 0.307. The van der Waals surface area contributed by atoms with E-state index in [2.05, 4.69) is 10.3 Å². The zero-order chi connectivity index (χ0) is 11.4. The summed E-state index contributed by atoms with van der Waals surface area (Å²) in [7, 11) is 0. The molecule has 0 unspecified atom stereocenters. The van der Waals surface area contributed by atoms with E-state index in [1.54, 1.807) is 23.5 Å². The number of thiazole rings is 1. The first-order valence-corrected chi connectivity index (χ1v) is 6.01. The third kappa shape index (κ3) is 2.81. The number of aromatic nitrogens is 1. The Balaban J connectivity index is 1.84. The van der Waals surface area contributed by atoms with Crippen molar-refractivity contribution in [3.8, 4) is 5.75 Å². The second-order valence-electron chi connectivity index (χ2n) is 3.63. The maximum absolute atomic E-state index is 9.14. The van der Waals surface area contributed by atoms with Gasteiger partial charge >= 0.3 is 0 Å². The normalized spacial score (nSPS) is 10.6. The van der Waals surface area contributed by atoms with Gasteiger partial charge in [0, 0.05) is 18.0 Å². The van der Waals surface area contributed by atoms with Crippen LogP contribution in [0.5, 0.6) is 5.75 Å². The van der Waals surface area contributed by atoms with E-state index in [9.17, 15) is 0 Å². The molecule has 0 fully saturated rings. The van der Waals surface area contributed by atoms with Gasteiger partial charge in [0.25, 0.3) is 0 Å². The first kappa shape index (κ1) is 11.1. The third-order valence-corrected chi connectivity index (χ3v) is 3.33. The Kier molecular flexibility index (Phi) is 3.54. The molecule has 0 bridgehead atoms. The number of phenolic OH excluding ortho intramolecular Hbond substituents is 1. The Morgan fingerprint density at radius 3 is 2.62 bits per heavy atom. The van der Waals surface area contributed by atoms with Crippen LogP contribution in [0.4, 0.5) is 0 Å². The fraction of sp³-hybridized carbons (Fsp3) is 0.250. The van der Waals surface area contributed by atoms with Crippen molar-refractivity contribution >= 4 is 11.3 Å². The maximum atomic E-state index is 9.14. The first-order chi connectivity index (χ1) is 7.75. The van der Waals surface area contributed by atoms with Gasteiger partial charge in [0.1, 0.15) is 5.75 Å². The number of phenols is 1. The number of nitrogens with zero attached hydrogens (tertiary/aromatic N) is 1. The molecule has 1 aromatic carbocycles. The zero-order valence-electron chi connectivity index (χ0n) is 9.10. The summed E-state index contributed by atoms with van der Waals surface area (Å²) in [4.78, 5) is 5.48. The lowest BCUT2D eigenvalue weighted by atomic mass is 10.2. The second kappa shape index (κ2) is 5.09. The summed E-state index contributed by atoms with van der Waals surface area (Å²) in [6, 6.07) is 7.24. The number of aromatic hydroxyl groups is 1. The van der Waals surface area contributed by atoms with Crippen molar-refractivity contribution in [3.63, 3.8) is 0 Å². The number of nitrogens with one attached hydrogen (secondary N) is 1. The Bertz CT molecular complexity index is 450. The molecule has 3 nitrogen and oxygen atoms in total. The van der Waals surface area contributed by atoms with E-state index in [0.717, 1.165) is 18.8 Å². The molecule has 2 rings (SSSR count). The van der Waals surface area contributed by atoms with Crippen LogP contribution in [0.1, 0.15) is 16.1 Å². The molecule has 0 atom stereocenters. The third-order valence-electron chi connectivity index (χ3n) is 2.40. The fourth-order valence-electron chi connectivity index (χ4n) is 1.43. The molecule has 2 aromatic rings. The first-order valence-electron chi connectivity index (χ1n) is 5.13. The molecule has 16 heavy (non-hydrogen) atoms. The molecular formula is C12H14N2OS. The molecule has 0 radical (unpaired) electrons. The molecule has 1 aromatic heterocycles. The van der Waals surface area contributed by atoms with Crippen molar-refractivity contribution < 1.29 is 5.11 Å². The lowest BCUT2D eigenvalue weighted by Crippen LogP contribution is -2.12.